The molecule has 0 amide bonds. The molecule has 7 heteroatoms. The minimum Gasteiger partial charge on any atom is -0.357 e. The van der Waals surface area contributed by atoms with Crippen molar-refractivity contribution in [1.29, 1.82) is 10.5 Å². The molecule has 0 bridgehead atoms. The van der Waals surface area contributed by atoms with Crippen LogP contribution in [0.2, 0.25) is 0 Å². The highest BCUT2D eigenvalue weighted by molar-refractivity contribution is 7.99. The van der Waals surface area contributed by atoms with Gasteiger partial charge in [-0.3, -0.25) is 0 Å². The van der Waals surface area contributed by atoms with Crippen molar-refractivity contribution < 1.29 is 0 Å². The summed E-state index contributed by atoms with van der Waals surface area (Å²) in [5, 5.41) is 23.4. The SMILES string of the molecule is N#Cc1ccccc1Sc1cc(-c2ccc(N3CCCC3)nc2)cn2ncc(C#N)c12. The van der Waals surface area contributed by atoms with E-state index in [0.717, 1.165) is 45.3 Å². The first-order valence-electron chi connectivity index (χ1n) is 10.1. The first-order valence-corrected chi connectivity index (χ1v) is 10.9. The summed E-state index contributed by atoms with van der Waals surface area (Å²) < 4.78 is 1.74. The fourth-order valence-electron chi connectivity index (χ4n) is 3.86. The van der Waals surface area contributed by atoms with Crippen LogP contribution < -0.4 is 4.90 Å². The Labute approximate surface area is 184 Å². The number of hydrogen-bond acceptors (Lipinski definition) is 6. The molecule has 1 aliphatic heterocycles. The number of aromatic nitrogens is 3. The third-order valence-electron chi connectivity index (χ3n) is 5.44. The lowest BCUT2D eigenvalue weighted by Crippen LogP contribution is -2.18. The third kappa shape index (κ3) is 3.61. The van der Waals surface area contributed by atoms with Crippen LogP contribution >= 0.6 is 11.8 Å². The van der Waals surface area contributed by atoms with Crippen LogP contribution in [0.5, 0.6) is 0 Å². The van der Waals surface area contributed by atoms with Crippen LogP contribution in [0.15, 0.2) is 70.8 Å². The van der Waals surface area contributed by atoms with E-state index in [0.29, 0.717) is 11.1 Å². The minimum atomic E-state index is 0.506. The van der Waals surface area contributed by atoms with Crippen molar-refractivity contribution in [2.45, 2.75) is 22.6 Å². The van der Waals surface area contributed by atoms with Gasteiger partial charge >= 0.3 is 0 Å². The molecule has 0 unspecified atom stereocenters. The van der Waals surface area contributed by atoms with Gasteiger partial charge in [0.05, 0.1) is 22.8 Å². The summed E-state index contributed by atoms with van der Waals surface area (Å²) in [6.07, 6.45) is 7.81. The third-order valence-corrected chi connectivity index (χ3v) is 6.54. The largest absolute Gasteiger partial charge is 0.357 e. The quantitative estimate of drug-likeness (QED) is 0.466. The Balaban J connectivity index is 1.59. The standard InChI is InChI=1S/C24H18N6S/c25-12-17-5-1-2-6-21(17)31-22-11-19(16-30-24(22)20(13-26)15-28-30)18-7-8-23(27-14-18)29-9-3-4-10-29/h1-2,5-8,11,14-16H,3-4,9-10H2. The first-order chi connectivity index (χ1) is 15.3. The smallest absolute Gasteiger partial charge is 0.128 e. The Kier molecular flexibility index (Phi) is 5.03. The normalized spacial score (nSPS) is 13.3. The molecule has 1 saturated heterocycles. The molecular formula is C24H18N6S. The van der Waals surface area contributed by atoms with Crippen molar-refractivity contribution in [2.75, 3.05) is 18.0 Å². The van der Waals surface area contributed by atoms with Crippen LogP contribution in [0.4, 0.5) is 5.82 Å². The van der Waals surface area contributed by atoms with E-state index in [4.69, 9.17) is 0 Å². The zero-order chi connectivity index (χ0) is 21.2. The van der Waals surface area contributed by atoms with E-state index in [1.807, 2.05) is 36.7 Å². The van der Waals surface area contributed by atoms with Crippen molar-refractivity contribution in [3.05, 3.63) is 72.2 Å². The van der Waals surface area contributed by atoms with Gasteiger partial charge in [0.2, 0.25) is 0 Å². The molecular weight excluding hydrogens is 404 g/mol. The van der Waals surface area contributed by atoms with Crippen LogP contribution in [-0.2, 0) is 0 Å². The Morgan fingerprint density at radius 2 is 1.68 bits per heavy atom. The Morgan fingerprint density at radius 1 is 0.871 bits per heavy atom. The van der Waals surface area contributed by atoms with Crippen molar-refractivity contribution in [1.82, 2.24) is 14.6 Å². The highest BCUT2D eigenvalue weighted by Gasteiger charge is 2.16. The van der Waals surface area contributed by atoms with Crippen LogP contribution in [0, 0.1) is 22.7 Å². The fraction of sp³-hybridized carbons (Fsp3) is 0.167. The lowest BCUT2D eigenvalue weighted by atomic mass is 10.1. The minimum absolute atomic E-state index is 0.506. The summed E-state index contributed by atoms with van der Waals surface area (Å²) in [5.41, 5.74) is 3.79. The average Bonchev–Trinajstić information content (AvgIpc) is 3.50. The lowest BCUT2D eigenvalue weighted by molar-refractivity contribution is 0.936. The maximum absolute atomic E-state index is 9.56. The molecule has 1 aromatic carbocycles. The predicted octanol–water partition coefficient (Wildman–Crippen LogP) is 4.89. The lowest BCUT2D eigenvalue weighted by Gasteiger charge is -2.16. The number of nitriles is 2. The fourth-order valence-corrected chi connectivity index (χ4v) is 4.95. The van der Waals surface area contributed by atoms with Gasteiger partial charge in [0, 0.05) is 46.4 Å². The molecule has 31 heavy (non-hydrogen) atoms. The molecule has 150 valence electrons. The predicted molar refractivity (Wildman–Crippen MR) is 120 cm³/mol. The molecule has 0 spiro atoms. The topological polar surface area (TPSA) is 81.0 Å². The molecule has 0 atom stereocenters. The first kappa shape index (κ1) is 19.2. The highest BCUT2D eigenvalue weighted by Crippen LogP contribution is 2.37. The number of hydrogen-bond donors (Lipinski definition) is 0. The number of fused-ring (bicyclic) bond motifs is 1. The Morgan fingerprint density at radius 3 is 2.42 bits per heavy atom. The van der Waals surface area contributed by atoms with E-state index in [1.165, 1.54) is 24.6 Å². The molecule has 0 N–H and O–H groups in total. The molecule has 0 radical (unpaired) electrons. The van der Waals surface area contributed by atoms with Crippen LogP contribution in [0.1, 0.15) is 24.0 Å². The van der Waals surface area contributed by atoms with E-state index >= 15 is 0 Å². The van der Waals surface area contributed by atoms with Gasteiger partial charge < -0.3 is 4.90 Å². The summed E-state index contributed by atoms with van der Waals surface area (Å²) >= 11 is 1.47. The summed E-state index contributed by atoms with van der Waals surface area (Å²) in [6.45, 7) is 2.11. The van der Waals surface area contributed by atoms with Crippen molar-refractivity contribution in [3.63, 3.8) is 0 Å². The van der Waals surface area contributed by atoms with Gasteiger partial charge in [0.15, 0.2) is 0 Å². The van der Waals surface area contributed by atoms with Gasteiger partial charge in [-0.25, -0.2) is 9.50 Å². The van der Waals surface area contributed by atoms with E-state index in [9.17, 15) is 10.5 Å². The van der Waals surface area contributed by atoms with Gasteiger partial charge in [0.1, 0.15) is 18.0 Å². The van der Waals surface area contributed by atoms with Gasteiger partial charge in [-0.05, 0) is 43.2 Å². The van der Waals surface area contributed by atoms with E-state index in [-0.39, 0.29) is 0 Å². The zero-order valence-corrected chi connectivity index (χ0v) is 17.5. The second kappa shape index (κ2) is 8.14. The van der Waals surface area contributed by atoms with Crippen LogP contribution in [-0.4, -0.2) is 27.7 Å². The van der Waals surface area contributed by atoms with Crippen molar-refractivity contribution >= 4 is 23.1 Å². The number of nitrogens with zero attached hydrogens (tertiary/aromatic N) is 6. The zero-order valence-electron chi connectivity index (χ0n) is 16.7. The second-order valence-electron chi connectivity index (χ2n) is 7.37. The summed E-state index contributed by atoms with van der Waals surface area (Å²) in [4.78, 5) is 8.70. The van der Waals surface area contributed by atoms with Gasteiger partial charge in [0.25, 0.3) is 0 Å². The van der Waals surface area contributed by atoms with Gasteiger partial charge in [-0.2, -0.15) is 15.6 Å². The Bertz CT molecular complexity index is 1340. The summed E-state index contributed by atoms with van der Waals surface area (Å²) in [5.74, 6) is 1.01. The molecule has 4 aromatic rings. The van der Waals surface area contributed by atoms with E-state index in [1.54, 1.807) is 16.8 Å². The Hall–Kier alpha value is -3.81. The molecule has 0 aliphatic carbocycles. The van der Waals surface area contributed by atoms with Gasteiger partial charge in [-0.15, -0.1) is 0 Å². The molecule has 0 saturated carbocycles. The monoisotopic (exact) mass is 422 g/mol. The summed E-state index contributed by atoms with van der Waals surface area (Å²) in [7, 11) is 0. The van der Waals surface area contributed by atoms with Crippen LogP contribution in [0.3, 0.4) is 0 Å². The molecule has 1 fully saturated rings. The highest BCUT2D eigenvalue weighted by atomic mass is 32.2. The number of benzene rings is 1. The summed E-state index contributed by atoms with van der Waals surface area (Å²) in [6, 6.07) is 18.1. The number of rotatable bonds is 4. The van der Waals surface area contributed by atoms with Crippen LogP contribution in [0.25, 0.3) is 16.6 Å². The number of pyridine rings is 2. The van der Waals surface area contributed by atoms with E-state index in [2.05, 4.69) is 39.3 Å². The molecule has 6 nitrogen and oxygen atoms in total. The molecule has 5 rings (SSSR count). The van der Waals surface area contributed by atoms with Crippen molar-refractivity contribution in [2.24, 2.45) is 0 Å². The molecule has 1 aliphatic rings. The van der Waals surface area contributed by atoms with E-state index < -0.39 is 0 Å². The van der Waals surface area contributed by atoms with Crippen molar-refractivity contribution in [3.8, 4) is 23.3 Å². The molecule has 3 aromatic heterocycles. The average molecular weight is 423 g/mol. The maximum atomic E-state index is 9.56. The number of anilines is 1. The molecule has 4 heterocycles. The maximum Gasteiger partial charge on any atom is 0.128 e. The second-order valence-corrected chi connectivity index (χ2v) is 8.45. The van der Waals surface area contributed by atoms with Gasteiger partial charge in [-0.1, -0.05) is 23.9 Å².